The normalized spacial score (nSPS) is 12.2. The molecule has 1 heteroatoms. The van der Waals surface area contributed by atoms with Gasteiger partial charge in [-0.1, -0.05) is 57.2 Å². The van der Waals surface area contributed by atoms with E-state index < -0.39 is 0 Å². The SMILES string of the molecule is CC(C)(C)CCCc1ccc(Cc2cccc(NC(C)(C)C)c2)cc1. The predicted molar refractivity (Wildman–Crippen MR) is 111 cm³/mol. The Morgan fingerprint density at radius 2 is 1.40 bits per heavy atom. The highest BCUT2D eigenvalue weighted by molar-refractivity contribution is 5.48. The van der Waals surface area contributed by atoms with Gasteiger partial charge in [-0.25, -0.2) is 0 Å². The van der Waals surface area contributed by atoms with Crippen LogP contribution in [0.4, 0.5) is 5.69 Å². The van der Waals surface area contributed by atoms with Crippen molar-refractivity contribution in [3.8, 4) is 0 Å². The Bertz CT molecular complexity index is 654. The Hall–Kier alpha value is -1.76. The van der Waals surface area contributed by atoms with Crippen molar-refractivity contribution >= 4 is 5.69 Å². The Morgan fingerprint density at radius 3 is 2.00 bits per heavy atom. The number of hydrogen-bond donors (Lipinski definition) is 1. The van der Waals surface area contributed by atoms with Gasteiger partial charge in [0, 0.05) is 11.2 Å². The van der Waals surface area contributed by atoms with Crippen LogP contribution >= 0.6 is 0 Å². The number of anilines is 1. The zero-order valence-corrected chi connectivity index (χ0v) is 16.9. The lowest BCUT2D eigenvalue weighted by atomic mass is 9.89. The third-order valence-corrected chi connectivity index (χ3v) is 4.27. The van der Waals surface area contributed by atoms with E-state index in [0.717, 1.165) is 6.42 Å². The van der Waals surface area contributed by atoms with Crippen molar-refractivity contribution in [2.75, 3.05) is 5.32 Å². The predicted octanol–water partition coefficient (Wildman–Crippen LogP) is 6.86. The maximum Gasteiger partial charge on any atom is 0.0347 e. The summed E-state index contributed by atoms with van der Waals surface area (Å²) in [5, 5.41) is 3.55. The molecular formula is C24H35N. The van der Waals surface area contributed by atoms with Crippen LogP contribution < -0.4 is 5.32 Å². The minimum atomic E-state index is 0.0906. The first-order valence-corrected chi connectivity index (χ1v) is 9.56. The van der Waals surface area contributed by atoms with Crippen molar-refractivity contribution in [2.45, 2.75) is 72.8 Å². The molecule has 0 aromatic heterocycles. The molecule has 0 aliphatic carbocycles. The molecule has 0 spiro atoms. The second-order valence-corrected chi connectivity index (χ2v) is 9.48. The summed E-state index contributed by atoms with van der Waals surface area (Å²) in [7, 11) is 0. The molecule has 0 saturated heterocycles. The Morgan fingerprint density at radius 1 is 0.760 bits per heavy atom. The summed E-state index contributed by atoms with van der Waals surface area (Å²) in [6.45, 7) is 13.5. The summed E-state index contributed by atoms with van der Waals surface area (Å²) in [6.07, 6.45) is 4.72. The third kappa shape index (κ3) is 7.77. The van der Waals surface area contributed by atoms with Gasteiger partial charge in [-0.2, -0.15) is 0 Å². The molecule has 2 rings (SSSR count). The van der Waals surface area contributed by atoms with Crippen LogP contribution in [0.1, 0.15) is 71.1 Å². The fourth-order valence-electron chi connectivity index (χ4n) is 3.07. The van der Waals surface area contributed by atoms with Crippen LogP contribution in [-0.2, 0) is 12.8 Å². The molecular weight excluding hydrogens is 302 g/mol. The van der Waals surface area contributed by atoms with E-state index in [1.54, 1.807) is 0 Å². The topological polar surface area (TPSA) is 12.0 Å². The van der Waals surface area contributed by atoms with Crippen LogP contribution in [0.3, 0.4) is 0 Å². The Labute approximate surface area is 154 Å². The zero-order chi connectivity index (χ0) is 18.5. The summed E-state index contributed by atoms with van der Waals surface area (Å²) < 4.78 is 0. The molecule has 0 heterocycles. The highest BCUT2D eigenvalue weighted by Gasteiger charge is 2.10. The number of rotatable bonds is 6. The lowest BCUT2D eigenvalue weighted by Gasteiger charge is -2.22. The number of aryl methyl sites for hydroxylation is 1. The van der Waals surface area contributed by atoms with Gasteiger partial charge in [0.05, 0.1) is 0 Å². The van der Waals surface area contributed by atoms with E-state index in [9.17, 15) is 0 Å². The number of hydrogen-bond acceptors (Lipinski definition) is 1. The van der Waals surface area contributed by atoms with E-state index >= 15 is 0 Å². The van der Waals surface area contributed by atoms with Gasteiger partial charge in [0.25, 0.3) is 0 Å². The summed E-state index contributed by atoms with van der Waals surface area (Å²) in [5.74, 6) is 0. The van der Waals surface area contributed by atoms with E-state index in [-0.39, 0.29) is 5.54 Å². The molecule has 0 atom stereocenters. The maximum absolute atomic E-state index is 3.55. The molecule has 0 amide bonds. The summed E-state index contributed by atoms with van der Waals surface area (Å²) in [4.78, 5) is 0. The third-order valence-electron chi connectivity index (χ3n) is 4.27. The van der Waals surface area contributed by atoms with Gasteiger partial charge < -0.3 is 5.32 Å². The van der Waals surface area contributed by atoms with E-state index in [1.807, 2.05) is 0 Å². The highest BCUT2D eigenvalue weighted by atomic mass is 14.9. The van der Waals surface area contributed by atoms with Gasteiger partial charge >= 0.3 is 0 Å². The van der Waals surface area contributed by atoms with E-state index in [4.69, 9.17) is 0 Å². The van der Waals surface area contributed by atoms with Gasteiger partial charge in [-0.15, -0.1) is 0 Å². The van der Waals surface area contributed by atoms with Crippen molar-refractivity contribution in [3.05, 3.63) is 65.2 Å². The molecule has 1 N–H and O–H groups in total. The second-order valence-electron chi connectivity index (χ2n) is 9.48. The van der Waals surface area contributed by atoms with Gasteiger partial charge in [-0.3, -0.25) is 0 Å². The maximum atomic E-state index is 3.55. The van der Waals surface area contributed by atoms with Crippen molar-refractivity contribution in [1.29, 1.82) is 0 Å². The first-order valence-electron chi connectivity index (χ1n) is 9.56. The number of nitrogens with one attached hydrogen (secondary N) is 1. The summed E-state index contributed by atoms with van der Waals surface area (Å²) in [5.41, 5.74) is 5.92. The number of benzene rings is 2. The molecule has 0 saturated carbocycles. The Kier molecular flexibility index (Phi) is 6.32. The average molecular weight is 338 g/mol. The minimum absolute atomic E-state index is 0.0906. The van der Waals surface area contributed by atoms with Crippen molar-refractivity contribution in [2.24, 2.45) is 5.41 Å². The van der Waals surface area contributed by atoms with Gasteiger partial charge in [0.1, 0.15) is 0 Å². The summed E-state index contributed by atoms with van der Waals surface area (Å²) in [6, 6.07) is 17.9. The molecule has 0 radical (unpaired) electrons. The first kappa shape index (κ1) is 19.6. The minimum Gasteiger partial charge on any atom is -0.380 e. The largest absolute Gasteiger partial charge is 0.380 e. The first-order chi connectivity index (χ1) is 11.6. The van der Waals surface area contributed by atoms with Crippen LogP contribution in [0.5, 0.6) is 0 Å². The molecule has 0 bridgehead atoms. The van der Waals surface area contributed by atoms with Crippen LogP contribution in [0, 0.1) is 5.41 Å². The molecule has 0 fully saturated rings. The van der Waals surface area contributed by atoms with Crippen LogP contribution in [0.25, 0.3) is 0 Å². The molecule has 0 unspecified atom stereocenters. The standard InChI is InChI=1S/C24H35N/c1-23(2,3)16-8-10-19-12-14-20(15-13-19)17-21-9-7-11-22(18-21)25-24(4,5)6/h7,9,11-15,18,25H,8,10,16-17H2,1-6H3. The molecule has 1 nitrogen and oxygen atoms in total. The van der Waals surface area contributed by atoms with Crippen LogP contribution in [0.2, 0.25) is 0 Å². The lowest BCUT2D eigenvalue weighted by molar-refractivity contribution is 0.365. The molecule has 2 aromatic rings. The molecule has 0 aliphatic rings. The van der Waals surface area contributed by atoms with Crippen LogP contribution in [-0.4, -0.2) is 5.54 Å². The fourth-order valence-corrected chi connectivity index (χ4v) is 3.07. The van der Waals surface area contributed by atoms with Gasteiger partial charge in [0.15, 0.2) is 0 Å². The lowest BCUT2D eigenvalue weighted by Crippen LogP contribution is -2.25. The van der Waals surface area contributed by atoms with E-state index in [1.165, 1.54) is 41.6 Å². The summed E-state index contributed by atoms with van der Waals surface area (Å²) >= 11 is 0. The van der Waals surface area contributed by atoms with Crippen molar-refractivity contribution in [1.82, 2.24) is 0 Å². The average Bonchev–Trinajstić information content (AvgIpc) is 2.46. The zero-order valence-electron chi connectivity index (χ0n) is 16.9. The molecule has 2 aromatic carbocycles. The van der Waals surface area contributed by atoms with Crippen molar-refractivity contribution in [3.63, 3.8) is 0 Å². The molecule has 136 valence electrons. The van der Waals surface area contributed by atoms with E-state index in [2.05, 4.69) is 95.4 Å². The monoisotopic (exact) mass is 337 g/mol. The van der Waals surface area contributed by atoms with E-state index in [0.29, 0.717) is 5.41 Å². The quantitative estimate of drug-likeness (QED) is 0.607. The van der Waals surface area contributed by atoms with Crippen molar-refractivity contribution < 1.29 is 0 Å². The Balaban J connectivity index is 1.94. The molecule has 0 aliphatic heterocycles. The smallest absolute Gasteiger partial charge is 0.0347 e. The molecule has 25 heavy (non-hydrogen) atoms. The fraction of sp³-hybridized carbons (Fsp3) is 0.500. The second kappa shape index (κ2) is 8.08. The van der Waals surface area contributed by atoms with Crippen LogP contribution in [0.15, 0.2) is 48.5 Å². The van der Waals surface area contributed by atoms with Gasteiger partial charge in [0.2, 0.25) is 0 Å². The highest BCUT2D eigenvalue weighted by Crippen LogP contribution is 2.22. The van der Waals surface area contributed by atoms with Gasteiger partial charge in [-0.05, 0) is 80.7 Å².